The van der Waals surface area contributed by atoms with Crippen LogP contribution < -0.4 is 15.4 Å². The van der Waals surface area contributed by atoms with Gasteiger partial charge in [0.05, 0.1) is 11.4 Å². The van der Waals surface area contributed by atoms with Crippen LogP contribution in [0.25, 0.3) is 0 Å². The van der Waals surface area contributed by atoms with Gasteiger partial charge >= 0.3 is 0 Å². The number of rotatable bonds is 9. The summed E-state index contributed by atoms with van der Waals surface area (Å²) >= 11 is 0. The predicted octanol–water partition coefficient (Wildman–Crippen LogP) is 1.67. The fourth-order valence-electron chi connectivity index (χ4n) is 3.29. The average Bonchev–Trinajstić information content (AvgIpc) is 3.50. The Labute approximate surface area is 169 Å². The van der Waals surface area contributed by atoms with Gasteiger partial charge in [0.2, 0.25) is 10.0 Å². The molecule has 28 heavy (non-hydrogen) atoms. The molecule has 3 N–H and O–H groups in total. The topological polar surface area (TPSA) is 85.8 Å². The van der Waals surface area contributed by atoms with E-state index in [-0.39, 0.29) is 6.04 Å². The first-order valence-electron chi connectivity index (χ1n) is 10.4. The molecule has 156 valence electrons. The smallest absolute Gasteiger partial charge is 0.240 e. The molecular weight excluding hydrogens is 374 g/mol. The van der Waals surface area contributed by atoms with Crippen LogP contribution in [0.5, 0.6) is 0 Å². The summed E-state index contributed by atoms with van der Waals surface area (Å²) in [5.41, 5.74) is 0.985. The van der Waals surface area contributed by atoms with Crippen LogP contribution in [0, 0.1) is 0 Å². The number of aliphatic imine (C=N–C) groups is 1. The lowest BCUT2D eigenvalue weighted by Crippen LogP contribution is -2.42. The molecule has 1 heterocycles. The summed E-state index contributed by atoms with van der Waals surface area (Å²) in [6.07, 6.45) is 5.82. The van der Waals surface area contributed by atoms with Crippen LogP contribution in [0.4, 0.5) is 0 Å². The van der Waals surface area contributed by atoms with E-state index in [9.17, 15) is 8.42 Å². The number of nitrogens with one attached hydrogen (secondary N) is 3. The minimum atomic E-state index is -3.39. The van der Waals surface area contributed by atoms with Crippen molar-refractivity contribution >= 4 is 16.0 Å². The molecule has 0 amide bonds. The van der Waals surface area contributed by atoms with Crippen LogP contribution in [0.15, 0.2) is 34.2 Å². The minimum absolute atomic E-state index is 0.118. The first-order chi connectivity index (χ1) is 13.6. The number of likely N-dealkylation sites (tertiary alicyclic amines) is 1. The maximum Gasteiger partial charge on any atom is 0.240 e. The van der Waals surface area contributed by atoms with Gasteiger partial charge in [-0.2, -0.15) is 0 Å². The number of nitrogens with zero attached hydrogens (tertiary/aromatic N) is 2. The summed E-state index contributed by atoms with van der Waals surface area (Å²) in [6, 6.07) is 7.11. The summed E-state index contributed by atoms with van der Waals surface area (Å²) in [5, 5.41) is 6.66. The molecule has 7 nitrogen and oxygen atoms in total. The number of benzene rings is 1. The zero-order chi connectivity index (χ0) is 19.8. The van der Waals surface area contributed by atoms with E-state index in [0.29, 0.717) is 11.4 Å². The maximum absolute atomic E-state index is 12.2. The Kier molecular flexibility index (Phi) is 7.70. The largest absolute Gasteiger partial charge is 0.357 e. The van der Waals surface area contributed by atoms with Gasteiger partial charge in [-0.1, -0.05) is 18.6 Å². The Morgan fingerprint density at radius 1 is 1.11 bits per heavy atom. The molecule has 1 aliphatic heterocycles. The summed E-state index contributed by atoms with van der Waals surface area (Å²) in [7, 11) is -3.39. The molecule has 3 rings (SSSR count). The highest BCUT2D eigenvalue weighted by atomic mass is 32.2. The number of hydrogen-bond acceptors (Lipinski definition) is 4. The lowest BCUT2D eigenvalue weighted by Gasteiger charge is -2.26. The normalized spacial score (nSPS) is 18.8. The Morgan fingerprint density at radius 3 is 2.46 bits per heavy atom. The standard InChI is InChI=1S/C20H33N5O2S/c1-2-21-20(22-12-15-25-13-4-3-5-14-25)23-16-17-6-10-19(11-7-17)28(26,27)24-18-8-9-18/h6-7,10-11,18,24H,2-5,8-9,12-16H2,1H3,(H2,21,22,23). The van der Waals surface area contributed by atoms with Crippen molar-refractivity contribution < 1.29 is 8.42 Å². The van der Waals surface area contributed by atoms with E-state index >= 15 is 0 Å². The SMILES string of the molecule is CCNC(=NCc1ccc(S(=O)(=O)NC2CC2)cc1)NCCN1CCCCC1. The van der Waals surface area contributed by atoms with Crippen molar-refractivity contribution in [3.63, 3.8) is 0 Å². The zero-order valence-corrected chi connectivity index (χ0v) is 17.6. The lowest BCUT2D eigenvalue weighted by molar-refractivity contribution is 0.232. The average molecular weight is 408 g/mol. The number of guanidine groups is 1. The highest BCUT2D eigenvalue weighted by molar-refractivity contribution is 7.89. The van der Waals surface area contributed by atoms with Gasteiger partial charge in [-0.05, 0) is 63.4 Å². The van der Waals surface area contributed by atoms with Crippen molar-refractivity contribution in [3.8, 4) is 0 Å². The number of hydrogen-bond donors (Lipinski definition) is 3. The van der Waals surface area contributed by atoms with E-state index < -0.39 is 10.0 Å². The third-order valence-electron chi connectivity index (χ3n) is 5.07. The second kappa shape index (κ2) is 10.2. The molecule has 0 spiro atoms. The van der Waals surface area contributed by atoms with Gasteiger partial charge in [0, 0.05) is 25.7 Å². The molecule has 1 aromatic carbocycles. The van der Waals surface area contributed by atoms with Crippen LogP contribution in [0.3, 0.4) is 0 Å². The number of piperidine rings is 1. The first kappa shape index (κ1) is 21.1. The van der Waals surface area contributed by atoms with Crippen molar-refractivity contribution in [2.24, 2.45) is 4.99 Å². The molecule has 0 radical (unpaired) electrons. The third-order valence-corrected chi connectivity index (χ3v) is 6.60. The quantitative estimate of drug-likeness (QED) is 0.428. The van der Waals surface area contributed by atoms with Gasteiger partial charge in [-0.25, -0.2) is 18.1 Å². The molecule has 2 fully saturated rings. The highest BCUT2D eigenvalue weighted by Crippen LogP contribution is 2.22. The first-order valence-corrected chi connectivity index (χ1v) is 11.9. The van der Waals surface area contributed by atoms with Crippen molar-refractivity contribution in [3.05, 3.63) is 29.8 Å². The van der Waals surface area contributed by atoms with E-state index in [4.69, 9.17) is 0 Å². The third kappa shape index (κ3) is 6.76. The minimum Gasteiger partial charge on any atom is -0.357 e. The van der Waals surface area contributed by atoms with E-state index in [1.165, 1.54) is 32.4 Å². The molecule has 1 saturated carbocycles. The van der Waals surface area contributed by atoms with Gasteiger partial charge in [-0.15, -0.1) is 0 Å². The fourth-order valence-corrected chi connectivity index (χ4v) is 4.60. The zero-order valence-electron chi connectivity index (χ0n) is 16.8. The Bertz CT molecular complexity index is 738. The molecule has 1 aliphatic carbocycles. The van der Waals surface area contributed by atoms with Crippen molar-refractivity contribution in [1.82, 2.24) is 20.3 Å². The predicted molar refractivity (Wildman–Crippen MR) is 113 cm³/mol. The molecule has 0 bridgehead atoms. The van der Waals surface area contributed by atoms with Crippen LogP contribution in [-0.2, 0) is 16.6 Å². The van der Waals surface area contributed by atoms with E-state index in [0.717, 1.165) is 44.0 Å². The monoisotopic (exact) mass is 407 g/mol. The molecule has 0 atom stereocenters. The van der Waals surface area contributed by atoms with Gasteiger partial charge in [0.1, 0.15) is 0 Å². The summed E-state index contributed by atoms with van der Waals surface area (Å²) < 4.78 is 27.2. The van der Waals surface area contributed by atoms with Gasteiger partial charge in [0.15, 0.2) is 5.96 Å². The van der Waals surface area contributed by atoms with Crippen LogP contribution in [-0.4, -0.2) is 58.0 Å². The van der Waals surface area contributed by atoms with Crippen molar-refractivity contribution in [2.75, 3.05) is 32.7 Å². The van der Waals surface area contributed by atoms with Crippen LogP contribution in [0.2, 0.25) is 0 Å². The molecule has 1 saturated heterocycles. The summed E-state index contributed by atoms with van der Waals surface area (Å²) in [6.45, 7) is 7.66. The Hall–Kier alpha value is -1.64. The molecular formula is C20H33N5O2S. The second-order valence-corrected chi connectivity index (χ2v) is 9.28. The fraction of sp³-hybridized carbons (Fsp3) is 0.650. The van der Waals surface area contributed by atoms with Crippen molar-refractivity contribution in [2.45, 2.75) is 56.5 Å². The van der Waals surface area contributed by atoms with E-state index in [1.807, 2.05) is 19.1 Å². The van der Waals surface area contributed by atoms with Crippen LogP contribution in [0.1, 0.15) is 44.6 Å². The Balaban J connectivity index is 1.50. The molecule has 1 aromatic rings. The van der Waals surface area contributed by atoms with Crippen molar-refractivity contribution in [1.29, 1.82) is 0 Å². The molecule has 2 aliphatic rings. The van der Waals surface area contributed by atoms with E-state index in [2.05, 4.69) is 25.2 Å². The Morgan fingerprint density at radius 2 is 1.82 bits per heavy atom. The second-order valence-electron chi connectivity index (χ2n) is 7.56. The number of sulfonamides is 1. The van der Waals surface area contributed by atoms with Gasteiger partial charge < -0.3 is 15.5 Å². The van der Waals surface area contributed by atoms with Gasteiger partial charge in [0.25, 0.3) is 0 Å². The lowest BCUT2D eigenvalue weighted by atomic mass is 10.1. The van der Waals surface area contributed by atoms with Crippen LogP contribution >= 0.6 is 0 Å². The highest BCUT2D eigenvalue weighted by Gasteiger charge is 2.27. The summed E-state index contributed by atoms with van der Waals surface area (Å²) in [4.78, 5) is 7.44. The summed E-state index contributed by atoms with van der Waals surface area (Å²) in [5.74, 6) is 0.798. The molecule has 0 aromatic heterocycles. The molecule has 8 heteroatoms. The molecule has 0 unspecified atom stereocenters. The van der Waals surface area contributed by atoms with E-state index in [1.54, 1.807) is 12.1 Å². The van der Waals surface area contributed by atoms with Gasteiger partial charge in [-0.3, -0.25) is 0 Å². The maximum atomic E-state index is 12.2.